The van der Waals surface area contributed by atoms with Crippen LogP contribution in [0.2, 0.25) is 5.02 Å². The van der Waals surface area contributed by atoms with Crippen LogP contribution in [0.25, 0.3) is 0 Å². The minimum absolute atomic E-state index is 0.304. The number of amides is 3. The molecular formula is C15H16ClN3O3. The van der Waals surface area contributed by atoms with Crippen molar-refractivity contribution in [2.75, 3.05) is 0 Å². The zero-order chi connectivity index (χ0) is 16.1. The molecule has 0 unspecified atom stereocenters. The molecule has 0 saturated carbocycles. The number of hydrazine groups is 1. The van der Waals surface area contributed by atoms with Gasteiger partial charge in [0.05, 0.1) is 17.9 Å². The van der Waals surface area contributed by atoms with Gasteiger partial charge in [0.15, 0.2) is 0 Å². The monoisotopic (exact) mass is 321 g/mol. The van der Waals surface area contributed by atoms with E-state index in [1.807, 2.05) is 18.2 Å². The molecule has 2 rings (SSSR count). The summed E-state index contributed by atoms with van der Waals surface area (Å²) in [6, 6.07) is 7.89. The summed E-state index contributed by atoms with van der Waals surface area (Å²) in [5.74, 6) is 0.0240. The number of rotatable bonds is 3. The van der Waals surface area contributed by atoms with Crippen LogP contribution in [0.15, 0.2) is 41.0 Å². The van der Waals surface area contributed by atoms with Crippen molar-refractivity contribution in [2.45, 2.75) is 19.9 Å². The molecule has 6 nitrogen and oxygen atoms in total. The average molecular weight is 322 g/mol. The van der Waals surface area contributed by atoms with E-state index in [-0.39, 0.29) is 6.04 Å². The van der Waals surface area contributed by atoms with Gasteiger partial charge in [0.2, 0.25) is 0 Å². The Labute approximate surface area is 132 Å². The predicted octanol–water partition coefficient (Wildman–Crippen LogP) is 2.95. The van der Waals surface area contributed by atoms with E-state index in [4.69, 9.17) is 16.0 Å². The van der Waals surface area contributed by atoms with Gasteiger partial charge >= 0.3 is 6.03 Å². The van der Waals surface area contributed by atoms with E-state index in [1.54, 1.807) is 19.9 Å². The second-order valence-corrected chi connectivity index (χ2v) is 5.09. The maximum absolute atomic E-state index is 11.8. The third-order valence-electron chi connectivity index (χ3n) is 3.11. The number of hydrogen-bond donors (Lipinski definition) is 3. The molecule has 0 bridgehead atoms. The van der Waals surface area contributed by atoms with Crippen LogP contribution < -0.4 is 16.2 Å². The Kier molecular flexibility index (Phi) is 5.06. The summed E-state index contributed by atoms with van der Waals surface area (Å²) in [7, 11) is 0. The SMILES string of the molecule is Cc1occc1C(=O)NNC(=O)N[C@H](C)c1ccccc1Cl. The van der Waals surface area contributed by atoms with Crippen LogP contribution >= 0.6 is 11.6 Å². The minimum Gasteiger partial charge on any atom is -0.469 e. The van der Waals surface area contributed by atoms with Crippen molar-refractivity contribution < 1.29 is 14.0 Å². The van der Waals surface area contributed by atoms with Gasteiger partial charge in [-0.05, 0) is 31.5 Å². The molecule has 0 saturated heterocycles. The van der Waals surface area contributed by atoms with Crippen molar-refractivity contribution >= 4 is 23.5 Å². The summed E-state index contributed by atoms with van der Waals surface area (Å²) >= 11 is 6.06. The normalized spacial score (nSPS) is 11.6. The number of halogens is 1. The van der Waals surface area contributed by atoms with E-state index in [9.17, 15) is 9.59 Å². The van der Waals surface area contributed by atoms with E-state index in [0.29, 0.717) is 16.3 Å². The first-order chi connectivity index (χ1) is 10.5. The Hall–Kier alpha value is -2.47. The maximum atomic E-state index is 11.8. The summed E-state index contributed by atoms with van der Waals surface area (Å²) in [6.45, 7) is 3.46. The molecule has 7 heteroatoms. The third kappa shape index (κ3) is 3.79. The quantitative estimate of drug-likeness (QED) is 0.760. The van der Waals surface area contributed by atoms with E-state index < -0.39 is 11.9 Å². The second kappa shape index (κ2) is 7.00. The van der Waals surface area contributed by atoms with Crippen LogP contribution in [0.5, 0.6) is 0 Å². The highest BCUT2D eigenvalue weighted by Gasteiger charge is 2.14. The first kappa shape index (κ1) is 15.9. The van der Waals surface area contributed by atoms with E-state index in [0.717, 1.165) is 5.56 Å². The van der Waals surface area contributed by atoms with Crippen LogP contribution in [0, 0.1) is 6.92 Å². The molecule has 0 radical (unpaired) electrons. The fraction of sp³-hybridized carbons (Fsp3) is 0.200. The minimum atomic E-state index is -0.540. The summed E-state index contributed by atoms with van der Waals surface area (Å²) in [5, 5.41) is 3.24. The van der Waals surface area contributed by atoms with Crippen molar-refractivity contribution in [1.29, 1.82) is 0 Å². The lowest BCUT2D eigenvalue weighted by Gasteiger charge is -2.16. The first-order valence-corrected chi connectivity index (χ1v) is 7.02. The van der Waals surface area contributed by atoms with Gasteiger partial charge in [0.25, 0.3) is 5.91 Å². The van der Waals surface area contributed by atoms with Crippen molar-refractivity contribution in [2.24, 2.45) is 0 Å². The van der Waals surface area contributed by atoms with Gasteiger partial charge in [0, 0.05) is 5.02 Å². The highest BCUT2D eigenvalue weighted by Crippen LogP contribution is 2.21. The maximum Gasteiger partial charge on any atom is 0.333 e. The highest BCUT2D eigenvalue weighted by atomic mass is 35.5. The van der Waals surface area contributed by atoms with Crippen LogP contribution in [0.3, 0.4) is 0 Å². The van der Waals surface area contributed by atoms with Crippen LogP contribution in [0.1, 0.15) is 34.6 Å². The van der Waals surface area contributed by atoms with Crippen molar-refractivity contribution in [3.05, 3.63) is 58.5 Å². The van der Waals surface area contributed by atoms with E-state index in [2.05, 4.69) is 16.2 Å². The Morgan fingerprint density at radius 3 is 2.55 bits per heavy atom. The Bertz CT molecular complexity index is 684. The molecule has 0 aliphatic carbocycles. The van der Waals surface area contributed by atoms with Crippen molar-refractivity contribution in [1.82, 2.24) is 16.2 Å². The molecule has 3 N–H and O–H groups in total. The number of nitrogens with one attached hydrogen (secondary N) is 3. The number of urea groups is 1. The predicted molar refractivity (Wildman–Crippen MR) is 82.4 cm³/mol. The molecule has 116 valence electrons. The molecular weight excluding hydrogens is 306 g/mol. The number of carbonyl (C=O) groups excluding carboxylic acids is 2. The molecule has 1 aromatic heterocycles. The summed E-state index contributed by atoms with van der Waals surface area (Å²) in [6.07, 6.45) is 1.41. The molecule has 22 heavy (non-hydrogen) atoms. The molecule has 0 aliphatic rings. The van der Waals surface area contributed by atoms with Gasteiger partial charge in [0.1, 0.15) is 5.76 Å². The van der Waals surface area contributed by atoms with Crippen LogP contribution in [-0.2, 0) is 0 Å². The Morgan fingerprint density at radius 1 is 1.18 bits per heavy atom. The number of benzene rings is 1. The van der Waals surface area contributed by atoms with Gasteiger partial charge in [-0.25, -0.2) is 10.2 Å². The largest absolute Gasteiger partial charge is 0.469 e. The van der Waals surface area contributed by atoms with Crippen molar-refractivity contribution in [3.8, 4) is 0 Å². The molecule has 0 aliphatic heterocycles. The van der Waals surface area contributed by atoms with Crippen molar-refractivity contribution in [3.63, 3.8) is 0 Å². The Morgan fingerprint density at radius 2 is 1.91 bits per heavy atom. The van der Waals surface area contributed by atoms with Gasteiger partial charge in [-0.1, -0.05) is 29.8 Å². The fourth-order valence-electron chi connectivity index (χ4n) is 1.94. The number of aryl methyl sites for hydroxylation is 1. The fourth-order valence-corrected chi connectivity index (χ4v) is 2.24. The lowest BCUT2D eigenvalue weighted by Crippen LogP contribution is -2.47. The standard InChI is InChI=1S/C15H16ClN3O3/c1-9(11-5-3-4-6-13(11)16)17-15(21)19-18-14(20)12-7-8-22-10(12)2/h3-9H,1-2H3,(H,18,20)(H2,17,19,21)/t9-/m1/s1. The summed E-state index contributed by atoms with van der Waals surface area (Å²) in [5.41, 5.74) is 5.74. The average Bonchev–Trinajstić information content (AvgIpc) is 2.91. The number of carbonyl (C=O) groups is 2. The summed E-state index contributed by atoms with van der Waals surface area (Å²) < 4.78 is 5.02. The van der Waals surface area contributed by atoms with Gasteiger partial charge < -0.3 is 9.73 Å². The van der Waals surface area contributed by atoms with Crippen LogP contribution in [0.4, 0.5) is 4.79 Å². The summed E-state index contributed by atoms with van der Waals surface area (Å²) in [4.78, 5) is 23.6. The molecule has 1 aromatic carbocycles. The first-order valence-electron chi connectivity index (χ1n) is 6.64. The third-order valence-corrected chi connectivity index (χ3v) is 3.46. The number of hydrogen-bond acceptors (Lipinski definition) is 3. The van der Waals surface area contributed by atoms with Crippen LogP contribution in [-0.4, -0.2) is 11.9 Å². The zero-order valence-corrected chi connectivity index (χ0v) is 12.9. The van der Waals surface area contributed by atoms with Gasteiger partial charge in [-0.15, -0.1) is 0 Å². The lowest BCUT2D eigenvalue weighted by atomic mass is 10.1. The zero-order valence-electron chi connectivity index (χ0n) is 12.1. The smallest absolute Gasteiger partial charge is 0.333 e. The highest BCUT2D eigenvalue weighted by molar-refractivity contribution is 6.31. The number of furan rings is 1. The van der Waals surface area contributed by atoms with Gasteiger partial charge in [-0.3, -0.25) is 10.2 Å². The lowest BCUT2D eigenvalue weighted by molar-refractivity contribution is 0.0934. The topological polar surface area (TPSA) is 83.4 Å². The second-order valence-electron chi connectivity index (χ2n) is 4.69. The van der Waals surface area contributed by atoms with E-state index >= 15 is 0 Å². The van der Waals surface area contributed by atoms with Gasteiger partial charge in [-0.2, -0.15) is 0 Å². The molecule has 1 atom stereocenters. The molecule has 0 spiro atoms. The Balaban J connectivity index is 1.87. The molecule has 3 amide bonds. The molecule has 0 fully saturated rings. The molecule has 1 heterocycles. The van der Waals surface area contributed by atoms with E-state index in [1.165, 1.54) is 12.3 Å². The molecule has 2 aromatic rings.